The number of rotatable bonds is 4. The third-order valence-corrected chi connectivity index (χ3v) is 6.30. The molecule has 0 bridgehead atoms. The maximum Gasteiger partial charge on any atom is 0.227 e. The van der Waals surface area contributed by atoms with Crippen LogP contribution in [0.4, 0.5) is 11.6 Å². The van der Waals surface area contributed by atoms with Gasteiger partial charge in [0.1, 0.15) is 0 Å². The molecule has 0 aromatic carbocycles. The van der Waals surface area contributed by atoms with Crippen molar-refractivity contribution in [3.8, 4) is 19.5 Å². The van der Waals surface area contributed by atoms with Crippen molar-refractivity contribution in [2.75, 3.05) is 5.32 Å². The molecule has 4 aromatic rings. The van der Waals surface area contributed by atoms with Crippen LogP contribution < -0.4 is 5.32 Å². The van der Waals surface area contributed by atoms with Gasteiger partial charge in [-0.25, -0.2) is 9.97 Å². The zero-order valence-corrected chi connectivity index (χ0v) is 13.8. The van der Waals surface area contributed by atoms with E-state index >= 15 is 0 Å². The highest BCUT2D eigenvalue weighted by Crippen LogP contribution is 2.44. The van der Waals surface area contributed by atoms with Gasteiger partial charge in [0.15, 0.2) is 0 Å². The summed E-state index contributed by atoms with van der Waals surface area (Å²) in [5.74, 6) is 0.621. The molecule has 0 atom stereocenters. The first-order valence-corrected chi connectivity index (χ1v) is 9.23. The second kappa shape index (κ2) is 6.00. The van der Waals surface area contributed by atoms with Crippen LogP contribution in [-0.2, 0) is 0 Å². The molecule has 4 heterocycles. The van der Waals surface area contributed by atoms with Crippen LogP contribution in [-0.4, -0.2) is 9.97 Å². The number of anilines is 2. The highest BCUT2D eigenvalue weighted by atomic mass is 32.1. The first kappa shape index (κ1) is 13.6. The largest absolute Gasteiger partial charge is 0.323 e. The van der Waals surface area contributed by atoms with Crippen molar-refractivity contribution in [2.45, 2.75) is 0 Å². The van der Waals surface area contributed by atoms with Gasteiger partial charge in [0.2, 0.25) is 5.95 Å². The second-order valence-corrected chi connectivity index (χ2v) is 7.45. The van der Waals surface area contributed by atoms with Gasteiger partial charge in [0.05, 0.1) is 10.6 Å². The van der Waals surface area contributed by atoms with Crippen molar-refractivity contribution in [1.29, 1.82) is 0 Å². The number of hydrogen-bond donors (Lipinski definition) is 1. The Labute approximate surface area is 140 Å². The van der Waals surface area contributed by atoms with Crippen LogP contribution in [0.5, 0.6) is 0 Å². The summed E-state index contributed by atoms with van der Waals surface area (Å²) in [5, 5.41) is 7.55. The lowest BCUT2D eigenvalue weighted by Crippen LogP contribution is -1.95. The molecule has 22 heavy (non-hydrogen) atoms. The van der Waals surface area contributed by atoms with Gasteiger partial charge in [0, 0.05) is 27.0 Å². The maximum atomic E-state index is 4.26. The molecule has 4 rings (SSSR count). The third-order valence-electron chi connectivity index (χ3n) is 3.05. The number of thiophene rings is 3. The Kier molecular flexibility index (Phi) is 3.72. The number of hydrogen-bond acceptors (Lipinski definition) is 6. The van der Waals surface area contributed by atoms with Gasteiger partial charge in [-0.15, -0.1) is 34.0 Å². The monoisotopic (exact) mass is 341 g/mol. The summed E-state index contributed by atoms with van der Waals surface area (Å²) in [4.78, 5) is 13.5. The molecule has 0 aliphatic rings. The highest BCUT2D eigenvalue weighted by Gasteiger charge is 2.14. The number of nitrogens with zero attached hydrogens (tertiary/aromatic N) is 2. The fourth-order valence-corrected chi connectivity index (χ4v) is 4.91. The summed E-state index contributed by atoms with van der Waals surface area (Å²) in [6, 6.07) is 12.5. The molecular weight excluding hydrogens is 330 g/mol. The molecule has 0 saturated carbocycles. The molecule has 0 spiro atoms. The molecule has 3 nitrogen and oxygen atoms in total. The van der Waals surface area contributed by atoms with Gasteiger partial charge < -0.3 is 5.32 Å². The molecule has 0 saturated heterocycles. The van der Waals surface area contributed by atoms with Crippen molar-refractivity contribution in [1.82, 2.24) is 9.97 Å². The van der Waals surface area contributed by atoms with Gasteiger partial charge >= 0.3 is 0 Å². The molecule has 108 valence electrons. The minimum absolute atomic E-state index is 0.621. The van der Waals surface area contributed by atoms with Crippen LogP contribution in [0.3, 0.4) is 0 Å². The van der Waals surface area contributed by atoms with Gasteiger partial charge in [-0.2, -0.15) is 0 Å². The van der Waals surface area contributed by atoms with Gasteiger partial charge in [-0.05, 0) is 35.0 Å². The van der Waals surface area contributed by atoms with E-state index in [1.807, 2.05) is 6.07 Å². The van der Waals surface area contributed by atoms with E-state index in [4.69, 9.17) is 0 Å². The van der Waals surface area contributed by atoms with Gasteiger partial charge in [-0.1, -0.05) is 12.1 Å². The van der Waals surface area contributed by atoms with E-state index < -0.39 is 0 Å². The normalized spacial score (nSPS) is 10.7. The van der Waals surface area contributed by atoms with Crippen molar-refractivity contribution in [3.05, 3.63) is 59.6 Å². The van der Waals surface area contributed by atoms with Gasteiger partial charge in [-0.3, -0.25) is 0 Å². The van der Waals surface area contributed by atoms with E-state index in [1.165, 1.54) is 19.5 Å². The molecular formula is C16H11N3S3. The van der Waals surface area contributed by atoms with E-state index in [-0.39, 0.29) is 0 Å². The minimum atomic E-state index is 0.621. The average molecular weight is 341 g/mol. The van der Waals surface area contributed by atoms with Crippen molar-refractivity contribution < 1.29 is 0 Å². The number of nitrogens with one attached hydrogen (secondary N) is 1. The zero-order valence-electron chi connectivity index (χ0n) is 11.4. The Balaban J connectivity index is 1.78. The van der Waals surface area contributed by atoms with Crippen LogP contribution in [0.2, 0.25) is 0 Å². The lowest BCUT2D eigenvalue weighted by atomic mass is 10.3. The van der Waals surface area contributed by atoms with E-state index in [0.717, 1.165) is 5.69 Å². The molecule has 0 unspecified atom stereocenters. The molecule has 0 aliphatic heterocycles. The summed E-state index contributed by atoms with van der Waals surface area (Å²) >= 11 is 5.30. The highest BCUT2D eigenvalue weighted by molar-refractivity contribution is 7.26. The Morgan fingerprint density at radius 2 is 1.55 bits per heavy atom. The zero-order chi connectivity index (χ0) is 14.8. The fraction of sp³-hybridized carbons (Fsp3) is 0. The number of aromatic nitrogens is 2. The summed E-state index contributed by atoms with van der Waals surface area (Å²) in [6.07, 6.45) is 3.49. The maximum absolute atomic E-state index is 4.26. The lowest BCUT2D eigenvalue weighted by Gasteiger charge is -2.03. The Morgan fingerprint density at radius 3 is 2.23 bits per heavy atom. The fourth-order valence-electron chi connectivity index (χ4n) is 2.10. The Hall–Kier alpha value is -2.02. The van der Waals surface area contributed by atoms with E-state index in [9.17, 15) is 0 Å². The predicted molar refractivity (Wildman–Crippen MR) is 96.3 cm³/mol. The Bertz CT molecular complexity index is 850. The van der Waals surface area contributed by atoms with E-state index in [2.05, 4.69) is 56.4 Å². The Morgan fingerprint density at radius 1 is 0.818 bits per heavy atom. The molecule has 4 aromatic heterocycles. The van der Waals surface area contributed by atoms with Crippen molar-refractivity contribution in [2.24, 2.45) is 0 Å². The topological polar surface area (TPSA) is 37.8 Å². The van der Waals surface area contributed by atoms with E-state index in [0.29, 0.717) is 5.95 Å². The average Bonchev–Trinajstić information content (AvgIpc) is 3.29. The van der Waals surface area contributed by atoms with Gasteiger partial charge in [0.25, 0.3) is 0 Å². The minimum Gasteiger partial charge on any atom is -0.323 e. The van der Waals surface area contributed by atoms with Crippen LogP contribution in [0, 0.1) is 0 Å². The molecule has 0 amide bonds. The molecule has 1 N–H and O–H groups in total. The molecule has 0 radical (unpaired) electrons. The van der Waals surface area contributed by atoms with Crippen LogP contribution >= 0.6 is 34.0 Å². The van der Waals surface area contributed by atoms with Crippen LogP contribution in [0.15, 0.2) is 59.6 Å². The lowest BCUT2D eigenvalue weighted by molar-refractivity contribution is 1.17. The second-order valence-electron chi connectivity index (χ2n) is 4.51. The summed E-state index contributed by atoms with van der Waals surface area (Å²) in [6.45, 7) is 0. The third kappa shape index (κ3) is 2.68. The van der Waals surface area contributed by atoms with Crippen molar-refractivity contribution in [3.63, 3.8) is 0 Å². The standard InChI is InChI=1S/C16H11N3S3/c1-4-12(20-8-1)14-10-11(19-16-17-6-3-7-18-16)15(22-14)13-5-2-9-21-13/h1-10H,(H,17,18,19). The first-order chi connectivity index (χ1) is 10.9. The predicted octanol–water partition coefficient (Wildman–Crippen LogP) is 5.74. The summed E-state index contributed by atoms with van der Waals surface area (Å²) in [7, 11) is 0. The van der Waals surface area contributed by atoms with Crippen molar-refractivity contribution >= 4 is 45.6 Å². The summed E-state index contributed by atoms with van der Waals surface area (Å²) < 4.78 is 0. The summed E-state index contributed by atoms with van der Waals surface area (Å²) in [5.41, 5.74) is 1.06. The molecule has 6 heteroatoms. The smallest absolute Gasteiger partial charge is 0.227 e. The molecule has 0 fully saturated rings. The van der Waals surface area contributed by atoms with E-state index in [1.54, 1.807) is 46.4 Å². The first-order valence-electron chi connectivity index (χ1n) is 6.66. The quantitative estimate of drug-likeness (QED) is 0.514. The SMILES string of the molecule is c1cnc(Nc2cc(-c3cccs3)sc2-c2cccs2)nc1. The van der Waals surface area contributed by atoms with Crippen LogP contribution in [0.25, 0.3) is 19.5 Å². The van der Waals surface area contributed by atoms with Crippen LogP contribution in [0.1, 0.15) is 0 Å². The molecule has 0 aliphatic carbocycles.